The number of carbonyl (C=O) groups is 1. The molecule has 1 aliphatic heterocycles. The van der Waals surface area contributed by atoms with Crippen LogP contribution in [0.2, 0.25) is 0 Å². The van der Waals surface area contributed by atoms with Gasteiger partial charge in [0.2, 0.25) is 5.76 Å². The minimum atomic E-state index is -0.143. The van der Waals surface area contributed by atoms with Crippen LogP contribution in [0.5, 0.6) is 0 Å². The lowest BCUT2D eigenvalue weighted by molar-refractivity contribution is 0.0708. The Bertz CT molecular complexity index is 497. The van der Waals surface area contributed by atoms with Crippen LogP contribution in [0.15, 0.2) is 35.1 Å². The van der Waals surface area contributed by atoms with Gasteiger partial charge >= 0.3 is 0 Å². The second kappa shape index (κ2) is 3.44. The summed E-state index contributed by atoms with van der Waals surface area (Å²) in [6.07, 6.45) is 3.20. The average Bonchev–Trinajstić information content (AvgIpc) is 2.97. The maximum absolute atomic E-state index is 11.9. The van der Waals surface area contributed by atoms with Gasteiger partial charge in [-0.15, -0.1) is 0 Å². The average molecular weight is 215 g/mol. The van der Waals surface area contributed by atoms with Crippen molar-refractivity contribution in [2.24, 2.45) is 0 Å². The molecule has 5 heteroatoms. The Morgan fingerprint density at radius 3 is 3.00 bits per heavy atom. The van der Waals surface area contributed by atoms with Crippen molar-refractivity contribution < 1.29 is 9.32 Å². The third kappa shape index (κ3) is 1.37. The zero-order valence-electron chi connectivity index (χ0n) is 8.46. The minimum absolute atomic E-state index is 0.143. The fourth-order valence-electron chi connectivity index (χ4n) is 1.83. The number of hydrogen-bond donors (Lipinski definition) is 0. The zero-order valence-corrected chi connectivity index (χ0v) is 8.46. The molecule has 0 aliphatic carbocycles. The predicted octanol–water partition coefficient (Wildman–Crippen LogP) is 1.23. The monoisotopic (exact) mass is 215 g/mol. The molecule has 5 nitrogen and oxygen atoms in total. The topological polar surface area (TPSA) is 59.2 Å². The quantitative estimate of drug-likeness (QED) is 0.717. The number of aromatic nitrogens is 2. The van der Waals surface area contributed by atoms with E-state index in [2.05, 4.69) is 10.1 Å². The molecule has 3 rings (SSSR count). The summed E-state index contributed by atoms with van der Waals surface area (Å²) < 4.78 is 4.84. The molecule has 0 aromatic carbocycles. The molecule has 0 atom stereocenters. The van der Waals surface area contributed by atoms with Gasteiger partial charge in [-0.05, 0) is 11.6 Å². The van der Waals surface area contributed by atoms with Crippen LogP contribution in [0, 0.1) is 0 Å². The number of pyridine rings is 1. The van der Waals surface area contributed by atoms with E-state index in [1.807, 2.05) is 12.1 Å². The Morgan fingerprint density at radius 1 is 1.31 bits per heavy atom. The molecule has 0 radical (unpaired) electrons. The highest BCUT2D eigenvalue weighted by Crippen LogP contribution is 2.21. The van der Waals surface area contributed by atoms with Crippen molar-refractivity contribution in [3.63, 3.8) is 0 Å². The highest BCUT2D eigenvalue weighted by molar-refractivity contribution is 5.91. The summed E-state index contributed by atoms with van der Waals surface area (Å²) in [7, 11) is 0. The van der Waals surface area contributed by atoms with E-state index in [-0.39, 0.29) is 11.7 Å². The van der Waals surface area contributed by atoms with Gasteiger partial charge in [-0.2, -0.15) is 0 Å². The summed E-state index contributed by atoms with van der Waals surface area (Å²) in [5, 5.41) is 3.53. The molecule has 0 spiro atoms. The molecule has 0 saturated heterocycles. The molecular weight excluding hydrogens is 206 g/mol. The molecule has 3 heterocycles. The van der Waals surface area contributed by atoms with Crippen LogP contribution in [0.3, 0.4) is 0 Å². The smallest absolute Gasteiger partial charge is 0.293 e. The van der Waals surface area contributed by atoms with Crippen LogP contribution in [-0.2, 0) is 13.1 Å². The van der Waals surface area contributed by atoms with Crippen molar-refractivity contribution in [3.8, 4) is 0 Å². The number of rotatable bonds is 1. The van der Waals surface area contributed by atoms with Gasteiger partial charge in [0.15, 0.2) is 0 Å². The van der Waals surface area contributed by atoms with E-state index >= 15 is 0 Å². The predicted molar refractivity (Wildman–Crippen MR) is 54.3 cm³/mol. The van der Waals surface area contributed by atoms with Gasteiger partial charge in [-0.1, -0.05) is 11.2 Å². The lowest BCUT2D eigenvalue weighted by atomic mass is 10.2. The standard InChI is InChI=1S/C11H9N3O2/c15-11(10-3-5-13-16-10)14-6-8-2-1-4-12-9(8)7-14/h1-5H,6-7H2. The Labute approximate surface area is 91.7 Å². The molecule has 0 unspecified atom stereocenters. The van der Waals surface area contributed by atoms with Crippen LogP contribution >= 0.6 is 0 Å². The van der Waals surface area contributed by atoms with Crippen LogP contribution < -0.4 is 0 Å². The highest BCUT2D eigenvalue weighted by atomic mass is 16.5. The summed E-state index contributed by atoms with van der Waals surface area (Å²) >= 11 is 0. The molecular formula is C11H9N3O2. The van der Waals surface area contributed by atoms with Crippen molar-refractivity contribution in [1.29, 1.82) is 0 Å². The number of nitrogens with zero attached hydrogens (tertiary/aromatic N) is 3. The van der Waals surface area contributed by atoms with Gasteiger partial charge in [0.25, 0.3) is 5.91 Å². The first-order chi connectivity index (χ1) is 7.84. The Balaban J connectivity index is 1.84. The Hall–Kier alpha value is -2.17. The van der Waals surface area contributed by atoms with Crippen LogP contribution in [-0.4, -0.2) is 20.9 Å². The summed E-state index contributed by atoms with van der Waals surface area (Å²) in [6, 6.07) is 5.43. The number of hydrogen-bond acceptors (Lipinski definition) is 4. The van der Waals surface area contributed by atoms with E-state index in [9.17, 15) is 4.79 Å². The van der Waals surface area contributed by atoms with Crippen LogP contribution in [0.25, 0.3) is 0 Å². The zero-order chi connectivity index (χ0) is 11.0. The molecule has 1 aliphatic rings. The molecule has 0 saturated carbocycles. The van der Waals surface area contributed by atoms with Crippen molar-refractivity contribution >= 4 is 5.91 Å². The molecule has 0 N–H and O–H groups in total. The van der Waals surface area contributed by atoms with Crippen molar-refractivity contribution in [3.05, 3.63) is 47.6 Å². The van der Waals surface area contributed by atoms with Gasteiger partial charge in [0, 0.05) is 18.8 Å². The second-order valence-corrected chi connectivity index (χ2v) is 3.65. The maximum atomic E-state index is 11.9. The molecule has 16 heavy (non-hydrogen) atoms. The van der Waals surface area contributed by atoms with E-state index in [1.54, 1.807) is 17.2 Å². The van der Waals surface area contributed by atoms with E-state index < -0.39 is 0 Å². The van der Waals surface area contributed by atoms with Gasteiger partial charge in [0.1, 0.15) is 0 Å². The van der Waals surface area contributed by atoms with Crippen LogP contribution in [0.1, 0.15) is 21.8 Å². The number of amides is 1. The lowest BCUT2D eigenvalue weighted by Gasteiger charge is -2.11. The second-order valence-electron chi connectivity index (χ2n) is 3.65. The van der Waals surface area contributed by atoms with Gasteiger partial charge < -0.3 is 9.42 Å². The summed E-state index contributed by atoms with van der Waals surface area (Å²) in [4.78, 5) is 17.9. The summed E-state index contributed by atoms with van der Waals surface area (Å²) in [5.74, 6) is 0.128. The van der Waals surface area contributed by atoms with E-state index in [4.69, 9.17) is 4.52 Å². The third-order valence-electron chi connectivity index (χ3n) is 2.62. The van der Waals surface area contributed by atoms with Gasteiger partial charge in [-0.3, -0.25) is 9.78 Å². The molecule has 2 aromatic rings. The molecule has 0 bridgehead atoms. The highest BCUT2D eigenvalue weighted by Gasteiger charge is 2.26. The third-order valence-corrected chi connectivity index (χ3v) is 2.62. The Kier molecular flexibility index (Phi) is 1.96. The van der Waals surface area contributed by atoms with Crippen molar-refractivity contribution in [2.45, 2.75) is 13.1 Å². The van der Waals surface area contributed by atoms with E-state index in [1.165, 1.54) is 6.20 Å². The maximum Gasteiger partial charge on any atom is 0.293 e. The van der Waals surface area contributed by atoms with Gasteiger partial charge in [0.05, 0.1) is 18.4 Å². The molecule has 2 aromatic heterocycles. The molecule has 0 fully saturated rings. The van der Waals surface area contributed by atoms with E-state index in [0.29, 0.717) is 13.1 Å². The normalized spacial score (nSPS) is 13.9. The first kappa shape index (κ1) is 9.08. The lowest BCUT2D eigenvalue weighted by Crippen LogP contribution is -2.24. The summed E-state index contributed by atoms with van der Waals surface area (Å²) in [5.41, 5.74) is 2.05. The fourth-order valence-corrected chi connectivity index (χ4v) is 1.83. The fraction of sp³-hybridized carbons (Fsp3) is 0.182. The summed E-state index contributed by atoms with van der Waals surface area (Å²) in [6.45, 7) is 1.12. The first-order valence-corrected chi connectivity index (χ1v) is 4.97. The number of fused-ring (bicyclic) bond motifs is 1. The largest absolute Gasteiger partial charge is 0.351 e. The molecule has 80 valence electrons. The van der Waals surface area contributed by atoms with Crippen LogP contribution in [0.4, 0.5) is 0 Å². The van der Waals surface area contributed by atoms with Gasteiger partial charge in [-0.25, -0.2) is 0 Å². The van der Waals surface area contributed by atoms with Crippen molar-refractivity contribution in [1.82, 2.24) is 15.0 Å². The SMILES string of the molecule is O=C(c1ccno1)N1Cc2cccnc2C1. The van der Waals surface area contributed by atoms with E-state index in [0.717, 1.165) is 11.3 Å². The minimum Gasteiger partial charge on any atom is -0.351 e. The Morgan fingerprint density at radius 2 is 2.25 bits per heavy atom. The molecule has 1 amide bonds. The first-order valence-electron chi connectivity index (χ1n) is 4.97. The van der Waals surface area contributed by atoms with Crippen molar-refractivity contribution in [2.75, 3.05) is 0 Å². The number of carbonyl (C=O) groups excluding carboxylic acids is 1.